The van der Waals surface area contributed by atoms with Crippen molar-refractivity contribution in [2.45, 2.75) is 35.0 Å². The molecule has 146 valence electrons. The fourth-order valence-electron chi connectivity index (χ4n) is 2.77. The van der Waals surface area contributed by atoms with Gasteiger partial charge in [0.15, 0.2) is 4.34 Å². The molecule has 1 aliphatic rings. The summed E-state index contributed by atoms with van der Waals surface area (Å²) < 4.78 is 37.4. The molecule has 2 heterocycles. The SMILES string of the molecule is O=C(C(Sc1nnc(NCC(F)(F)F)s1)c1ccccc1)N1CCCCC1. The van der Waals surface area contributed by atoms with E-state index in [2.05, 4.69) is 15.5 Å². The highest BCUT2D eigenvalue weighted by Crippen LogP contribution is 2.39. The molecule has 1 atom stereocenters. The highest BCUT2D eigenvalue weighted by Gasteiger charge is 2.30. The first-order valence-electron chi connectivity index (χ1n) is 8.57. The summed E-state index contributed by atoms with van der Waals surface area (Å²) in [6.45, 7) is 0.301. The number of benzene rings is 1. The van der Waals surface area contributed by atoms with Crippen molar-refractivity contribution in [2.24, 2.45) is 0 Å². The van der Waals surface area contributed by atoms with Crippen molar-refractivity contribution in [3.05, 3.63) is 35.9 Å². The number of aromatic nitrogens is 2. The van der Waals surface area contributed by atoms with Gasteiger partial charge in [-0.15, -0.1) is 10.2 Å². The van der Waals surface area contributed by atoms with E-state index in [4.69, 9.17) is 0 Å². The zero-order valence-electron chi connectivity index (χ0n) is 14.4. The van der Waals surface area contributed by atoms with Crippen LogP contribution in [0.25, 0.3) is 0 Å². The number of carbonyl (C=O) groups excluding carboxylic acids is 1. The van der Waals surface area contributed by atoms with Gasteiger partial charge in [0.1, 0.15) is 11.8 Å². The van der Waals surface area contributed by atoms with Crippen molar-refractivity contribution < 1.29 is 18.0 Å². The van der Waals surface area contributed by atoms with Crippen LogP contribution in [0.15, 0.2) is 34.7 Å². The number of amides is 1. The van der Waals surface area contributed by atoms with Gasteiger partial charge in [-0.2, -0.15) is 13.2 Å². The first kappa shape index (κ1) is 19.9. The van der Waals surface area contributed by atoms with Crippen LogP contribution in [0.5, 0.6) is 0 Å². The number of thioether (sulfide) groups is 1. The molecule has 0 aliphatic carbocycles. The van der Waals surface area contributed by atoms with Gasteiger partial charge in [0, 0.05) is 13.1 Å². The van der Waals surface area contributed by atoms with Gasteiger partial charge in [-0.1, -0.05) is 53.4 Å². The number of rotatable bonds is 6. The van der Waals surface area contributed by atoms with E-state index in [1.54, 1.807) is 0 Å². The van der Waals surface area contributed by atoms with Gasteiger partial charge >= 0.3 is 6.18 Å². The number of hydrogen-bond acceptors (Lipinski definition) is 6. The van der Waals surface area contributed by atoms with Crippen molar-refractivity contribution in [2.75, 3.05) is 25.0 Å². The van der Waals surface area contributed by atoms with E-state index in [0.29, 0.717) is 4.34 Å². The molecule has 1 aromatic heterocycles. The quantitative estimate of drug-likeness (QED) is 0.709. The Bertz CT molecular complexity index is 748. The maximum absolute atomic E-state index is 13.1. The van der Waals surface area contributed by atoms with Gasteiger partial charge in [-0.25, -0.2) is 0 Å². The van der Waals surface area contributed by atoms with Crippen LogP contribution in [0.3, 0.4) is 0 Å². The molecule has 0 radical (unpaired) electrons. The van der Waals surface area contributed by atoms with Gasteiger partial charge in [0.25, 0.3) is 0 Å². The lowest BCUT2D eigenvalue weighted by Crippen LogP contribution is -2.38. The fourth-order valence-corrected chi connectivity index (χ4v) is 4.80. The number of anilines is 1. The van der Waals surface area contributed by atoms with Crippen LogP contribution in [0.2, 0.25) is 0 Å². The summed E-state index contributed by atoms with van der Waals surface area (Å²) in [5, 5.41) is 9.51. The molecule has 2 aromatic rings. The zero-order chi connectivity index (χ0) is 19.3. The largest absolute Gasteiger partial charge is 0.405 e. The van der Waals surface area contributed by atoms with E-state index >= 15 is 0 Å². The van der Waals surface area contributed by atoms with E-state index in [1.807, 2.05) is 35.2 Å². The summed E-state index contributed by atoms with van der Waals surface area (Å²) in [6.07, 6.45) is -1.22. The van der Waals surface area contributed by atoms with Gasteiger partial charge in [0.2, 0.25) is 11.0 Å². The Morgan fingerprint density at radius 2 is 1.89 bits per heavy atom. The average molecular weight is 416 g/mol. The number of piperidine rings is 1. The minimum atomic E-state index is -4.32. The summed E-state index contributed by atoms with van der Waals surface area (Å²) in [4.78, 5) is 14.9. The maximum Gasteiger partial charge on any atom is 0.405 e. The van der Waals surface area contributed by atoms with Crippen LogP contribution < -0.4 is 5.32 Å². The van der Waals surface area contributed by atoms with Gasteiger partial charge < -0.3 is 10.2 Å². The second-order valence-electron chi connectivity index (χ2n) is 6.14. The molecule has 0 spiro atoms. The number of alkyl halides is 3. The second-order valence-corrected chi connectivity index (χ2v) is 8.47. The molecular weight excluding hydrogens is 397 g/mol. The van der Waals surface area contributed by atoms with Crippen LogP contribution in [0.4, 0.5) is 18.3 Å². The van der Waals surface area contributed by atoms with E-state index in [9.17, 15) is 18.0 Å². The molecule has 1 N–H and O–H groups in total. The van der Waals surface area contributed by atoms with Crippen LogP contribution in [-0.4, -0.2) is 46.8 Å². The van der Waals surface area contributed by atoms with Crippen molar-refractivity contribution in [3.63, 3.8) is 0 Å². The summed E-state index contributed by atoms with van der Waals surface area (Å²) in [6, 6.07) is 9.36. The van der Waals surface area contributed by atoms with Gasteiger partial charge in [-0.05, 0) is 24.8 Å². The number of carbonyl (C=O) groups is 1. The molecule has 1 aliphatic heterocycles. The van der Waals surface area contributed by atoms with Crippen LogP contribution in [0, 0.1) is 0 Å². The first-order valence-corrected chi connectivity index (χ1v) is 10.3. The lowest BCUT2D eigenvalue weighted by Gasteiger charge is -2.30. The molecule has 5 nitrogen and oxygen atoms in total. The molecule has 1 saturated heterocycles. The van der Waals surface area contributed by atoms with Gasteiger partial charge in [-0.3, -0.25) is 4.79 Å². The topological polar surface area (TPSA) is 58.1 Å². The first-order chi connectivity index (χ1) is 12.9. The van der Waals surface area contributed by atoms with Crippen LogP contribution >= 0.6 is 23.1 Å². The molecule has 27 heavy (non-hydrogen) atoms. The Kier molecular flexibility index (Phi) is 6.59. The van der Waals surface area contributed by atoms with Crippen LogP contribution in [-0.2, 0) is 4.79 Å². The number of halogens is 3. The molecule has 0 bridgehead atoms. The normalized spacial score (nSPS) is 16.2. The summed E-state index contributed by atoms with van der Waals surface area (Å²) in [5.41, 5.74) is 0.845. The third kappa shape index (κ3) is 5.83. The molecule has 3 rings (SSSR count). The minimum absolute atomic E-state index is 0.00546. The Morgan fingerprint density at radius 3 is 2.56 bits per heavy atom. The number of nitrogens with one attached hydrogen (secondary N) is 1. The van der Waals surface area contributed by atoms with E-state index < -0.39 is 18.0 Å². The molecule has 1 amide bonds. The van der Waals surface area contributed by atoms with Crippen molar-refractivity contribution in [1.82, 2.24) is 15.1 Å². The fraction of sp³-hybridized carbons (Fsp3) is 0.471. The Labute approximate surface area is 163 Å². The van der Waals surface area contributed by atoms with E-state index in [0.717, 1.165) is 49.3 Å². The molecule has 10 heteroatoms. The predicted molar refractivity (Wildman–Crippen MR) is 99.9 cm³/mol. The van der Waals surface area contributed by atoms with Crippen LogP contribution in [0.1, 0.15) is 30.1 Å². The highest BCUT2D eigenvalue weighted by molar-refractivity contribution is 8.01. The Hall–Kier alpha value is -1.81. The molecular formula is C17H19F3N4OS2. The number of hydrogen-bond donors (Lipinski definition) is 1. The molecule has 1 fully saturated rings. The second kappa shape index (κ2) is 8.92. The van der Waals surface area contributed by atoms with Crippen molar-refractivity contribution in [3.8, 4) is 0 Å². The Morgan fingerprint density at radius 1 is 1.19 bits per heavy atom. The third-order valence-corrected chi connectivity index (χ3v) is 6.27. The van der Waals surface area contributed by atoms with E-state index in [1.165, 1.54) is 11.8 Å². The van der Waals surface area contributed by atoms with Gasteiger partial charge in [0.05, 0.1) is 0 Å². The summed E-state index contributed by atoms with van der Waals surface area (Å²) in [7, 11) is 0. The van der Waals surface area contributed by atoms with Crippen molar-refractivity contribution >= 4 is 34.1 Å². The molecule has 1 aromatic carbocycles. The zero-order valence-corrected chi connectivity index (χ0v) is 16.0. The standard InChI is InChI=1S/C17H19F3N4OS2/c18-17(19,20)11-21-15-22-23-16(27-15)26-13(12-7-3-1-4-8-12)14(25)24-9-5-2-6-10-24/h1,3-4,7-8,13H,2,5-6,9-11H2,(H,21,22). The number of nitrogens with zero attached hydrogens (tertiary/aromatic N) is 3. The predicted octanol–water partition coefficient (Wildman–Crippen LogP) is 4.36. The Balaban J connectivity index is 1.74. The summed E-state index contributed by atoms with van der Waals surface area (Å²) in [5.74, 6) is 0.00546. The monoisotopic (exact) mass is 416 g/mol. The smallest absolute Gasteiger partial charge is 0.351 e. The highest BCUT2D eigenvalue weighted by atomic mass is 32.2. The summed E-state index contributed by atoms with van der Waals surface area (Å²) >= 11 is 2.25. The third-order valence-electron chi connectivity index (χ3n) is 4.06. The van der Waals surface area contributed by atoms with E-state index in [-0.39, 0.29) is 11.0 Å². The maximum atomic E-state index is 13.1. The van der Waals surface area contributed by atoms with Crippen molar-refractivity contribution in [1.29, 1.82) is 0 Å². The average Bonchev–Trinajstić information content (AvgIpc) is 3.12. The molecule has 1 unspecified atom stereocenters. The number of likely N-dealkylation sites (tertiary alicyclic amines) is 1. The lowest BCUT2D eigenvalue weighted by atomic mass is 10.1. The molecule has 0 saturated carbocycles. The minimum Gasteiger partial charge on any atom is -0.351 e. The lowest BCUT2D eigenvalue weighted by molar-refractivity contribution is -0.131.